The van der Waals surface area contributed by atoms with E-state index in [0.29, 0.717) is 6.42 Å². The van der Waals surface area contributed by atoms with Crippen molar-refractivity contribution in [3.63, 3.8) is 0 Å². The minimum atomic E-state index is -0.588. The van der Waals surface area contributed by atoms with Gasteiger partial charge in [-0.2, -0.15) is 11.3 Å². The number of nitrogens with one attached hydrogen (secondary N) is 1. The van der Waals surface area contributed by atoms with Crippen LogP contribution in [0.4, 0.5) is 5.69 Å². The van der Waals surface area contributed by atoms with Crippen LogP contribution < -0.4 is 11.1 Å². The standard InChI is InChI=1S/C9H13N3O2S/c1-2-7(8(10)12-14)9(13)11-6-3-4-15-5-6/h3-5,7,14H,2H2,1H3,(H2,10,12)(H,11,13). The molecule has 0 saturated carbocycles. The average Bonchev–Trinajstić information content (AvgIpc) is 2.71. The molecule has 0 fully saturated rings. The van der Waals surface area contributed by atoms with Gasteiger partial charge in [0.2, 0.25) is 5.91 Å². The Bertz CT molecular complexity index is 348. The van der Waals surface area contributed by atoms with E-state index >= 15 is 0 Å². The van der Waals surface area contributed by atoms with Gasteiger partial charge in [0, 0.05) is 5.38 Å². The molecule has 1 atom stereocenters. The summed E-state index contributed by atoms with van der Waals surface area (Å²) in [7, 11) is 0. The lowest BCUT2D eigenvalue weighted by molar-refractivity contribution is -0.118. The number of hydrogen-bond acceptors (Lipinski definition) is 4. The molecule has 0 aliphatic carbocycles. The molecule has 1 heterocycles. The van der Waals surface area contributed by atoms with Crippen molar-refractivity contribution in [2.24, 2.45) is 16.8 Å². The summed E-state index contributed by atoms with van der Waals surface area (Å²) in [5.41, 5.74) is 6.13. The van der Waals surface area contributed by atoms with Crippen LogP contribution in [0.1, 0.15) is 13.3 Å². The van der Waals surface area contributed by atoms with Crippen molar-refractivity contribution >= 4 is 28.8 Å². The molecule has 82 valence electrons. The average molecular weight is 227 g/mol. The summed E-state index contributed by atoms with van der Waals surface area (Å²) in [6.45, 7) is 1.80. The van der Waals surface area contributed by atoms with Crippen molar-refractivity contribution in [2.45, 2.75) is 13.3 Å². The molecule has 0 saturated heterocycles. The molecule has 0 aromatic carbocycles. The highest BCUT2D eigenvalue weighted by atomic mass is 32.1. The minimum Gasteiger partial charge on any atom is -0.409 e. The van der Waals surface area contributed by atoms with Gasteiger partial charge >= 0.3 is 0 Å². The molecule has 1 aromatic rings. The van der Waals surface area contributed by atoms with Crippen LogP contribution in [0, 0.1) is 5.92 Å². The van der Waals surface area contributed by atoms with Crippen molar-refractivity contribution in [2.75, 3.05) is 5.32 Å². The smallest absolute Gasteiger partial charge is 0.235 e. The van der Waals surface area contributed by atoms with Crippen molar-refractivity contribution in [1.82, 2.24) is 0 Å². The SMILES string of the molecule is CCC(C(=O)Nc1ccsc1)C(N)=NO. The van der Waals surface area contributed by atoms with Crippen LogP contribution in [0.15, 0.2) is 22.0 Å². The fourth-order valence-electron chi connectivity index (χ4n) is 1.16. The summed E-state index contributed by atoms with van der Waals surface area (Å²) < 4.78 is 0. The number of anilines is 1. The number of amidine groups is 1. The zero-order valence-corrected chi connectivity index (χ0v) is 9.12. The first kappa shape index (κ1) is 11.5. The molecule has 0 radical (unpaired) electrons. The highest BCUT2D eigenvalue weighted by molar-refractivity contribution is 7.08. The van der Waals surface area contributed by atoms with Gasteiger partial charge in [0.15, 0.2) is 5.84 Å². The van der Waals surface area contributed by atoms with Crippen molar-refractivity contribution in [3.05, 3.63) is 16.8 Å². The van der Waals surface area contributed by atoms with Gasteiger partial charge in [0.1, 0.15) is 0 Å². The second-order valence-electron chi connectivity index (χ2n) is 2.99. The van der Waals surface area contributed by atoms with Crippen LogP contribution in [-0.4, -0.2) is 17.0 Å². The largest absolute Gasteiger partial charge is 0.409 e. The van der Waals surface area contributed by atoms with E-state index < -0.39 is 5.92 Å². The normalized spacial score (nSPS) is 13.5. The number of hydrogen-bond donors (Lipinski definition) is 3. The van der Waals surface area contributed by atoms with Crippen LogP contribution in [0.2, 0.25) is 0 Å². The molecular formula is C9H13N3O2S. The summed E-state index contributed by atoms with van der Waals surface area (Å²) in [6, 6.07) is 1.79. The fraction of sp³-hybridized carbons (Fsp3) is 0.333. The van der Waals surface area contributed by atoms with Gasteiger partial charge in [-0.05, 0) is 17.9 Å². The third kappa shape index (κ3) is 2.95. The maximum absolute atomic E-state index is 11.7. The van der Waals surface area contributed by atoms with Gasteiger partial charge in [0.05, 0.1) is 11.6 Å². The quantitative estimate of drug-likeness (QED) is 0.315. The summed E-state index contributed by atoms with van der Waals surface area (Å²) in [5.74, 6) is -0.911. The van der Waals surface area contributed by atoms with E-state index in [2.05, 4.69) is 10.5 Å². The lowest BCUT2D eigenvalue weighted by Gasteiger charge is -2.12. The molecule has 1 aromatic heterocycles. The molecule has 1 amide bonds. The minimum absolute atomic E-state index is 0.0646. The van der Waals surface area contributed by atoms with Gasteiger partial charge < -0.3 is 16.3 Å². The van der Waals surface area contributed by atoms with Gasteiger partial charge in [-0.1, -0.05) is 12.1 Å². The first-order valence-electron chi connectivity index (χ1n) is 4.49. The zero-order valence-electron chi connectivity index (χ0n) is 8.30. The summed E-state index contributed by atoms with van der Waals surface area (Å²) in [6.07, 6.45) is 0.492. The Labute approximate surface area is 91.6 Å². The molecule has 4 N–H and O–H groups in total. The Kier molecular flexibility index (Phi) is 4.11. The number of nitrogens with zero attached hydrogens (tertiary/aromatic N) is 1. The lowest BCUT2D eigenvalue weighted by Crippen LogP contribution is -2.34. The molecular weight excluding hydrogens is 214 g/mol. The first-order valence-corrected chi connectivity index (χ1v) is 5.43. The third-order valence-corrected chi connectivity index (χ3v) is 2.67. The molecule has 1 unspecified atom stereocenters. The maximum atomic E-state index is 11.7. The lowest BCUT2D eigenvalue weighted by atomic mass is 10.0. The Morgan fingerprint density at radius 2 is 2.53 bits per heavy atom. The molecule has 6 heteroatoms. The predicted octanol–water partition coefficient (Wildman–Crippen LogP) is 1.46. The number of carbonyl (C=O) groups excluding carboxylic acids is 1. The second kappa shape index (κ2) is 5.35. The Hall–Kier alpha value is -1.56. The van der Waals surface area contributed by atoms with E-state index in [-0.39, 0.29) is 11.7 Å². The van der Waals surface area contributed by atoms with Crippen LogP contribution in [-0.2, 0) is 4.79 Å². The Morgan fingerprint density at radius 1 is 1.80 bits per heavy atom. The molecule has 0 aliphatic rings. The van der Waals surface area contributed by atoms with Crippen molar-refractivity contribution in [3.8, 4) is 0 Å². The van der Waals surface area contributed by atoms with Gasteiger partial charge in [-0.25, -0.2) is 0 Å². The Balaban J connectivity index is 2.66. The topological polar surface area (TPSA) is 87.7 Å². The first-order chi connectivity index (χ1) is 7.19. The summed E-state index contributed by atoms with van der Waals surface area (Å²) in [4.78, 5) is 11.7. The van der Waals surface area contributed by atoms with E-state index in [9.17, 15) is 4.79 Å². The number of rotatable bonds is 4. The van der Waals surface area contributed by atoms with E-state index in [4.69, 9.17) is 10.9 Å². The number of amides is 1. The number of oxime groups is 1. The highest BCUT2D eigenvalue weighted by Crippen LogP contribution is 2.14. The van der Waals surface area contributed by atoms with E-state index in [0.717, 1.165) is 5.69 Å². The maximum Gasteiger partial charge on any atom is 0.235 e. The molecule has 15 heavy (non-hydrogen) atoms. The number of carbonyl (C=O) groups is 1. The summed E-state index contributed by atoms with van der Waals surface area (Å²) >= 11 is 1.49. The number of nitrogens with two attached hydrogens (primary N) is 1. The van der Waals surface area contributed by atoms with Crippen molar-refractivity contribution in [1.29, 1.82) is 0 Å². The predicted molar refractivity (Wildman–Crippen MR) is 60.1 cm³/mol. The van der Waals surface area contributed by atoms with Gasteiger partial charge in [-0.15, -0.1) is 0 Å². The van der Waals surface area contributed by atoms with Crippen LogP contribution in [0.3, 0.4) is 0 Å². The van der Waals surface area contributed by atoms with Gasteiger partial charge in [0.25, 0.3) is 0 Å². The fourth-order valence-corrected chi connectivity index (χ4v) is 1.75. The van der Waals surface area contributed by atoms with Crippen LogP contribution >= 0.6 is 11.3 Å². The van der Waals surface area contributed by atoms with E-state index in [1.165, 1.54) is 11.3 Å². The number of thiophene rings is 1. The molecule has 0 bridgehead atoms. The molecule has 5 nitrogen and oxygen atoms in total. The monoisotopic (exact) mass is 227 g/mol. The van der Waals surface area contributed by atoms with Gasteiger partial charge in [-0.3, -0.25) is 4.79 Å². The second-order valence-corrected chi connectivity index (χ2v) is 3.77. The van der Waals surface area contributed by atoms with Crippen LogP contribution in [0.5, 0.6) is 0 Å². The molecule has 1 rings (SSSR count). The van der Waals surface area contributed by atoms with Crippen molar-refractivity contribution < 1.29 is 10.0 Å². The molecule has 0 spiro atoms. The molecule has 0 aliphatic heterocycles. The highest BCUT2D eigenvalue weighted by Gasteiger charge is 2.21. The summed E-state index contributed by atoms with van der Waals surface area (Å²) in [5, 5.41) is 17.7. The Morgan fingerprint density at radius 3 is 3.00 bits per heavy atom. The third-order valence-electron chi connectivity index (χ3n) is 1.99. The van der Waals surface area contributed by atoms with Crippen LogP contribution in [0.25, 0.3) is 0 Å². The van der Waals surface area contributed by atoms with E-state index in [1.54, 1.807) is 13.0 Å². The van der Waals surface area contributed by atoms with E-state index in [1.807, 2.05) is 10.8 Å². The zero-order chi connectivity index (χ0) is 11.3.